The summed E-state index contributed by atoms with van der Waals surface area (Å²) in [5, 5.41) is 0. The lowest BCUT2D eigenvalue weighted by Gasteiger charge is -2.26. The summed E-state index contributed by atoms with van der Waals surface area (Å²) in [7, 11) is 0. The van der Waals surface area contributed by atoms with Crippen LogP contribution in [0.4, 0.5) is 0 Å². The van der Waals surface area contributed by atoms with Crippen molar-refractivity contribution in [1.82, 2.24) is 4.90 Å². The Morgan fingerprint density at radius 1 is 1.36 bits per heavy atom. The van der Waals surface area contributed by atoms with Gasteiger partial charge in [-0.05, 0) is 19.4 Å². The largest absolute Gasteiger partial charge is 0.300 e. The van der Waals surface area contributed by atoms with Crippen molar-refractivity contribution in [2.45, 2.75) is 26.7 Å². The molecule has 1 fully saturated rings. The first-order chi connectivity index (χ1) is 6.76. The smallest absolute Gasteiger partial charge is 0.135 e. The number of carbonyl (C=O) groups excluding carboxylic acids is 1. The third-order valence-electron chi connectivity index (χ3n) is 2.57. The van der Waals surface area contributed by atoms with Crippen LogP contribution >= 0.6 is 0 Å². The number of piperidine rings is 1. The summed E-state index contributed by atoms with van der Waals surface area (Å²) in [6, 6.07) is 0. The summed E-state index contributed by atoms with van der Waals surface area (Å²) in [5.74, 6) is 0.411. The van der Waals surface area contributed by atoms with Crippen molar-refractivity contribution < 1.29 is 4.79 Å². The molecule has 1 heterocycles. The molecule has 0 spiro atoms. The summed E-state index contributed by atoms with van der Waals surface area (Å²) in [6.45, 7) is 6.92. The zero-order chi connectivity index (χ0) is 10.4. The van der Waals surface area contributed by atoms with Gasteiger partial charge in [-0.2, -0.15) is 0 Å². The molecule has 0 radical (unpaired) electrons. The maximum atomic E-state index is 11.0. The number of ketones is 1. The molecule has 2 nitrogen and oxygen atoms in total. The quantitative estimate of drug-likeness (QED) is 0.640. The van der Waals surface area contributed by atoms with Crippen LogP contribution in [0.25, 0.3) is 0 Å². The number of hydrogen-bond donors (Lipinski definition) is 0. The molecule has 0 aliphatic carbocycles. The molecule has 78 valence electrons. The van der Waals surface area contributed by atoms with Crippen LogP contribution in [-0.2, 0) is 4.79 Å². The average Bonchev–Trinajstić information content (AvgIpc) is 2.20. The second kappa shape index (κ2) is 5.76. The van der Waals surface area contributed by atoms with Gasteiger partial charge in [0.15, 0.2) is 0 Å². The van der Waals surface area contributed by atoms with Crippen LogP contribution in [0.5, 0.6) is 0 Å². The fourth-order valence-electron chi connectivity index (χ4n) is 1.67. The Balaban J connectivity index is 2.40. The van der Waals surface area contributed by atoms with Gasteiger partial charge in [0, 0.05) is 32.5 Å². The van der Waals surface area contributed by atoms with E-state index in [0.717, 1.165) is 32.5 Å². The van der Waals surface area contributed by atoms with E-state index in [0.29, 0.717) is 5.78 Å². The zero-order valence-corrected chi connectivity index (χ0v) is 9.12. The lowest BCUT2D eigenvalue weighted by atomic mass is 10.1. The summed E-state index contributed by atoms with van der Waals surface area (Å²) in [6.07, 6.45) is 7.79. The first-order valence-electron chi connectivity index (χ1n) is 5.28. The minimum absolute atomic E-state index is 0.411. The van der Waals surface area contributed by atoms with Gasteiger partial charge in [0.25, 0.3) is 0 Å². The van der Waals surface area contributed by atoms with Gasteiger partial charge < -0.3 is 0 Å². The van der Waals surface area contributed by atoms with E-state index in [-0.39, 0.29) is 0 Å². The minimum Gasteiger partial charge on any atom is -0.300 e. The number of carbonyl (C=O) groups is 1. The second-order valence-electron chi connectivity index (χ2n) is 3.68. The Bertz CT molecular complexity index is 243. The Hall–Kier alpha value is -0.890. The highest BCUT2D eigenvalue weighted by Crippen LogP contribution is 2.09. The van der Waals surface area contributed by atoms with Crippen LogP contribution in [-0.4, -0.2) is 30.3 Å². The molecule has 0 N–H and O–H groups in total. The predicted octanol–water partition coefficient (Wildman–Crippen LogP) is 2.17. The zero-order valence-electron chi connectivity index (χ0n) is 9.12. The maximum absolute atomic E-state index is 11.0. The lowest BCUT2D eigenvalue weighted by molar-refractivity contribution is -0.121. The van der Waals surface area contributed by atoms with Crippen LogP contribution in [0, 0.1) is 0 Å². The molecule has 14 heavy (non-hydrogen) atoms. The first kappa shape index (κ1) is 11.2. The summed E-state index contributed by atoms with van der Waals surface area (Å²) in [4.78, 5) is 13.4. The molecular weight excluding hydrogens is 174 g/mol. The summed E-state index contributed by atoms with van der Waals surface area (Å²) >= 11 is 0. The van der Waals surface area contributed by atoms with E-state index in [9.17, 15) is 4.79 Å². The number of hydrogen-bond acceptors (Lipinski definition) is 2. The third-order valence-corrected chi connectivity index (χ3v) is 2.57. The van der Waals surface area contributed by atoms with E-state index in [2.05, 4.69) is 30.1 Å². The number of nitrogens with zero attached hydrogens (tertiary/aromatic N) is 1. The maximum Gasteiger partial charge on any atom is 0.135 e. The molecule has 0 aromatic heterocycles. The Morgan fingerprint density at radius 3 is 2.50 bits per heavy atom. The molecule has 1 saturated heterocycles. The number of Topliss-reactive ketones (excluding diaryl/α,β-unsaturated/α-hetero) is 1. The van der Waals surface area contributed by atoms with E-state index in [1.54, 1.807) is 0 Å². The summed E-state index contributed by atoms with van der Waals surface area (Å²) < 4.78 is 0. The van der Waals surface area contributed by atoms with Gasteiger partial charge in [-0.1, -0.05) is 18.2 Å². The minimum atomic E-state index is 0.411. The first-order valence-corrected chi connectivity index (χ1v) is 5.28. The Morgan fingerprint density at radius 2 is 2.00 bits per heavy atom. The van der Waals surface area contributed by atoms with Gasteiger partial charge in [0.05, 0.1) is 0 Å². The van der Waals surface area contributed by atoms with Crippen molar-refractivity contribution in [2.75, 3.05) is 19.6 Å². The van der Waals surface area contributed by atoms with E-state index < -0.39 is 0 Å². The molecule has 0 unspecified atom stereocenters. The SMILES string of the molecule is C/C=C\C(=C/C)CN1CCC(=O)CC1. The van der Waals surface area contributed by atoms with Gasteiger partial charge in [0.1, 0.15) is 5.78 Å². The highest BCUT2D eigenvalue weighted by Gasteiger charge is 2.15. The van der Waals surface area contributed by atoms with Gasteiger partial charge >= 0.3 is 0 Å². The molecule has 0 amide bonds. The van der Waals surface area contributed by atoms with Gasteiger partial charge in [-0.25, -0.2) is 0 Å². The Kier molecular flexibility index (Phi) is 4.60. The van der Waals surface area contributed by atoms with Crippen molar-refractivity contribution in [2.24, 2.45) is 0 Å². The van der Waals surface area contributed by atoms with E-state index in [1.165, 1.54) is 5.57 Å². The molecule has 0 aromatic rings. The average molecular weight is 193 g/mol. The van der Waals surface area contributed by atoms with Gasteiger partial charge in [-0.3, -0.25) is 9.69 Å². The van der Waals surface area contributed by atoms with Gasteiger partial charge in [0.2, 0.25) is 0 Å². The van der Waals surface area contributed by atoms with Crippen molar-refractivity contribution in [3.8, 4) is 0 Å². The van der Waals surface area contributed by atoms with Crippen molar-refractivity contribution >= 4 is 5.78 Å². The summed E-state index contributed by atoms with van der Waals surface area (Å²) in [5.41, 5.74) is 1.34. The van der Waals surface area contributed by atoms with Crippen LogP contribution in [0.15, 0.2) is 23.8 Å². The molecule has 0 saturated carbocycles. The molecule has 2 heteroatoms. The van der Waals surface area contributed by atoms with Crippen molar-refractivity contribution in [1.29, 1.82) is 0 Å². The van der Waals surface area contributed by atoms with E-state index >= 15 is 0 Å². The van der Waals surface area contributed by atoms with E-state index in [1.807, 2.05) is 6.92 Å². The fourth-order valence-corrected chi connectivity index (χ4v) is 1.67. The van der Waals surface area contributed by atoms with Gasteiger partial charge in [-0.15, -0.1) is 0 Å². The van der Waals surface area contributed by atoms with Crippen LogP contribution in [0.2, 0.25) is 0 Å². The number of likely N-dealkylation sites (tertiary alicyclic amines) is 1. The van der Waals surface area contributed by atoms with Crippen LogP contribution < -0.4 is 0 Å². The molecular formula is C12H19NO. The molecule has 0 aromatic carbocycles. The van der Waals surface area contributed by atoms with Crippen molar-refractivity contribution in [3.63, 3.8) is 0 Å². The number of allylic oxidation sites excluding steroid dienone is 2. The molecule has 0 atom stereocenters. The molecule has 1 aliphatic heterocycles. The Labute approximate surface area is 86.3 Å². The highest BCUT2D eigenvalue weighted by molar-refractivity contribution is 5.79. The predicted molar refractivity (Wildman–Crippen MR) is 59.3 cm³/mol. The normalized spacial score (nSPS) is 20.7. The number of rotatable bonds is 3. The van der Waals surface area contributed by atoms with Crippen molar-refractivity contribution in [3.05, 3.63) is 23.8 Å². The molecule has 1 aliphatic rings. The molecule has 1 rings (SSSR count). The lowest BCUT2D eigenvalue weighted by Crippen LogP contribution is -2.34. The third kappa shape index (κ3) is 3.46. The van der Waals surface area contributed by atoms with Crippen LogP contribution in [0.3, 0.4) is 0 Å². The second-order valence-corrected chi connectivity index (χ2v) is 3.68. The molecule has 0 bridgehead atoms. The standard InChI is InChI=1S/C12H19NO/c1-3-5-11(4-2)10-13-8-6-12(14)7-9-13/h3-5H,6-10H2,1-2H3/b5-3-,11-4+. The topological polar surface area (TPSA) is 20.3 Å². The van der Waals surface area contributed by atoms with Crippen LogP contribution in [0.1, 0.15) is 26.7 Å². The fraction of sp³-hybridized carbons (Fsp3) is 0.583. The highest BCUT2D eigenvalue weighted by atomic mass is 16.1. The monoisotopic (exact) mass is 193 g/mol. The van der Waals surface area contributed by atoms with E-state index in [4.69, 9.17) is 0 Å².